The maximum Gasteiger partial charge on any atom is 0.226 e. The molecule has 1 aliphatic heterocycles. The van der Waals surface area contributed by atoms with Crippen LogP contribution >= 0.6 is 0 Å². The van der Waals surface area contributed by atoms with Crippen LogP contribution in [0.3, 0.4) is 0 Å². The SMILES string of the molecule is CC(=O)N(C)C1CCN(c2nccc(C#N)n2)C1. The number of hydrogen-bond acceptors (Lipinski definition) is 5. The Morgan fingerprint density at radius 1 is 1.67 bits per heavy atom. The third kappa shape index (κ3) is 2.40. The molecule has 6 nitrogen and oxygen atoms in total. The minimum atomic E-state index is 0.0635. The number of aromatic nitrogens is 2. The van der Waals surface area contributed by atoms with E-state index in [0.717, 1.165) is 13.0 Å². The van der Waals surface area contributed by atoms with Crippen LogP contribution in [0.25, 0.3) is 0 Å². The van der Waals surface area contributed by atoms with Crippen molar-refractivity contribution >= 4 is 11.9 Å². The molecule has 1 atom stereocenters. The van der Waals surface area contributed by atoms with Gasteiger partial charge in [0.25, 0.3) is 0 Å². The summed E-state index contributed by atoms with van der Waals surface area (Å²) in [6.07, 6.45) is 2.49. The molecule has 18 heavy (non-hydrogen) atoms. The third-order valence-corrected chi connectivity index (χ3v) is 3.25. The molecule has 1 amide bonds. The summed E-state index contributed by atoms with van der Waals surface area (Å²) in [4.78, 5) is 23.4. The number of carbonyl (C=O) groups is 1. The van der Waals surface area contributed by atoms with Crippen molar-refractivity contribution in [2.45, 2.75) is 19.4 Å². The van der Waals surface area contributed by atoms with Crippen molar-refractivity contribution in [2.75, 3.05) is 25.0 Å². The molecule has 0 spiro atoms. The monoisotopic (exact) mass is 245 g/mol. The lowest BCUT2D eigenvalue weighted by atomic mass is 10.2. The van der Waals surface area contributed by atoms with Gasteiger partial charge < -0.3 is 9.80 Å². The first kappa shape index (κ1) is 12.3. The van der Waals surface area contributed by atoms with Gasteiger partial charge in [-0.1, -0.05) is 0 Å². The second-order valence-electron chi connectivity index (χ2n) is 4.37. The number of carbonyl (C=O) groups excluding carboxylic acids is 1. The van der Waals surface area contributed by atoms with E-state index in [1.54, 1.807) is 24.1 Å². The fourth-order valence-electron chi connectivity index (χ4n) is 2.06. The number of anilines is 1. The van der Waals surface area contributed by atoms with Crippen LogP contribution in [0.4, 0.5) is 5.95 Å². The van der Waals surface area contributed by atoms with Gasteiger partial charge in [0, 0.05) is 33.3 Å². The molecule has 2 heterocycles. The van der Waals surface area contributed by atoms with Crippen molar-refractivity contribution in [2.24, 2.45) is 0 Å². The molecule has 0 N–H and O–H groups in total. The van der Waals surface area contributed by atoms with Crippen molar-refractivity contribution in [3.8, 4) is 6.07 Å². The van der Waals surface area contributed by atoms with Gasteiger partial charge in [-0.05, 0) is 12.5 Å². The summed E-state index contributed by atoms with van der Waals surface area (Å²) in [6.45, 7) is 3.08. The summed E-state index contributed by atoms with van der Waals surface area (Å²) in [5, 5.41) is 8.81. The Labute approximate surface area is 106 Å². The number of rotatable bonds is 2. The molecule has 1 aromatic rings. The molecule has 94 valence electrons. The van der Waals surface area contributed by atoms with E-state index >= 15 is 0 Å². The highest BCUT2D eigenvalue weighted by molar-refractivity contribution is 5.73. The minimum Gasteiger partial charge on any atom is -0.341 e. The highest BCUT2D eigenvalue weighted by Crippen LogP contribution is 2.19. The molecule has 1 fully saturated rings. The van der Waals surface area contributed by atoms with Crippen molar-refractivity contribution in [3.63, 3.8) is 0 Å². The molecule has 0 bridgehead atoms. The quantitative estimate of drug-likeness (QED) is 0.754. The average Bonchev–Trinajstić information content (AvgIpc) is 2.87. The Balaban J connectivity index is 2.09. The summed E-state index contributed by atoms with van der Waals surface area (Å²) in [5.74, 6) is 0.627. The lowest BCUT2D eigenvalue weighted by molar-refractivity contribution is -0.129. The molecule has 2 rings (SSSR count). The van der Waals surface area contributed by atoms with Crippen LogP contribution in [0.1, 0.15) is 19.0 Å². The molecule has 1 aliphatic rings. The van der Waals surface area contributed by atoms with Gasteiger partial charge >= 0.3 is 0 Å². The van der Waals surface area contributed by atoms with Crippen LogP contribution in [0, 0.1) is 11.3 Å². The number of likely N-dealkylation sites (N-methyl/N-ethyl adjacent to an activating group) is 1. The molecule has 0 radical (unpaired) electrons. The largest absolute Gasteiger partial charge is 0.341 e. The Morgan fingerprint density at radius 3 is 3.11 bits per heavy atom. The fourth-order valence-corrected chi connectivity index (χ4v) is 2.06. The van der Waals surface area contributed by atoms with Crippen molar-refractivity contribution < 1.29 is 4.79 Å². The van der Waals surface area contributed by atoms with Gasteiger partial charge in [-0.3, -0.25) is 4.79 Å². The fraction of sp³-hybridized carbons (Fsp3) is 0.500. The zero-order valence-electron chi connectivity index (χ0n) is 10.5. The number of hydrogen-bond donors (Lipinski definition) is 0. The Hall–Kier alpha value is -2.16. The Morgan fingerprint density at radius 2 is 2.44 bits per heavy atom. The van der Waals surface area contributed by atoms with E-state index in [4.69, 9.17) is 5.26 Å². The van der Waals surface area contributed by atoms with E-state index in [0.29, 0.717) is 18.2 Å². The standard InChI is InChI=1S/C12H15N5O/c1-9(18)16(2)11-4-6-17(8-11)12-14-5-3-10(7-13)15-12/h3,5,11H,4,6,8H2,1-2H3. The lowest BCUT2D eigenvalue weighted by Gasteiger charge is -2.23. The summed E-state index contributed by atoms with van der Waals surface area (Å²) < 4.78 is 0. The zero-order valence-corrected chi connectivity index (χ0v) is 10.5. The highest BCUT2D eigenvalue weighted by Gasteiger charge is 2.28. The van der Waals surface area contributed by atoms with Crippen LogP contribution in [-0.2, 0) is 4.79 Å². The van der Waals surface area contributed by atoms with Gasteiger partial charge in [-0.2, -0.15) is 5.26 Å². The van der Waals surface area contributed by atoms with Gasteiger partial charge in [-0.15, -0.1) is 0 Å². The van der Waals surface area contributed by atoms with Crippen LogP contribution in [0.15, 0.2) is 12.3 Å². The summed E-state index contributed by atoms with van der Waals surface area (Å²) in [7, 11) is 1.81. The second kappa shape index (κ2) is 5.00. The van der Waals surface area contributed by atoms with E-state index in [-0.39, 0.29) is 11.9 Å². The van der Waals surface area contributed by atoms with Gasteiger partial charge in [0.1, 0.15) is 11.8 Å². The first-order valence-electron chi connectivity index (χ1n) is 5.83. The zero-order chi connectivity index (χ0) is 13.1. The highest BCUT2D eigenvalue weighted by atomic mass is 16.2. The van der Waals surface area contributed by atoms with E-state index in [1.807, 2.05) is 18.0 Å². The summed E-state index contributed by atoms with van der Waals surface area (Å²) in [5.41, 5.74) is 0.364. The number of nitrogens with zero attached hydrogens (tertiary/aromatic N) is 5. The first-order chi connectivity index (χ1) is 8.61. The van der Waals surface area contributed by atoms with Crippen molar-refractivity contribution in [1.29, 1.82) is 5.26 Å². The third-order valence-electron chi connectivity index (χ3n) is 3.25. The van der Waals surface area contributed by atoms with E-state index in [9.17, 15) is 4.79 Å². The van der Waals surface area contributed by atoms with Crippen LogP contribution in [0.5, 0.6) is 0 Å². The maximum atomic E-state index is 11.3. The van der Waals surface area contributed by atoms with Crippen LogP contribution in [-0.4, -0.2) is 47.0 Å². The smallest absolute Gasteiger partial charge is 0.226 e. The van der Waals surface area contributed by atoms with Crippen LogP contribution in [0.2, 0.25) is 0 Å². The Bertz CT molecular complexity index is 495. The molecular weight excluding hydrogens is 230 g/mol. The van der Waals surface area contributed by atoms with Gasteiger partial charge in [0.2, 0.25) is 11.9 Å². The summed E-state index contributed by atoms with van der Waals surface area (Å²) >= 11 is 0. The van der Waals surface area contributed by atoms with Crippen LogP contribution < -0.4 is 4.90 Å². The Kier molecular flexibility index (Phi) is 3.42. The molecular formula is C12H15N5O. The molecule has 0 saturated carbocycles. The predicted octanol–water partition coefficient (Wildman–Crippen LogP) is 0.405. The second-order valence-corrected chi connectivity index (χ2v) is 4.37. The average molecular weight is 245 g/mol. The molecule has 6 heteroatoms. The molecule has 1 saturated heterocycles. The topological polar surface area (TPSA) is 73.1 Å². The maximum absolute atomic E-state index is 11.3. The van der Waals surface area contributed by atoms with E-state index in [2.05, 4.69) is 9.97 Å². The van der Waals surface area contributed by atoms with Crippen molar-refractivity contribution in [1.82, 2.24) is 14.9 Å². The molecule has 1 unspecified atom stereocenters. The summed E-state index contributed by atoms with van der Waals surface area (Å²) in [6, 6.07) is 3.77. The molecule has 0 aliphatic carbocycles. The predicted molar refractivity (Wildman–Crippen MR) is 65.8 cm³/mol. The van der Waals surface area contributed by atoms with Crippen molar-refractivity contribution in [3.05, 3.63) is 18.0 Å². The normalized spacial score (nSPS) is 18.5. The van der Waals surface area contributed by atoms with E-state index in [1.165, 1.54) is 0 Å². The molecule has 0 aromatic carbocycles. The minimum absolute atomic E-state index is 0.0635. The number of nitriles is 1. The van der Waals surface area contributed by atoms with E-state index < -0.39 is 0 Å². The van der Waals surface area contributed by atoms with Gasteiger partial charge in [0.15, 0.2) is 0 Å². The lowest BCUT2D eigenvalue weighted by Crippen LogP contribution is -2.37. The van der Waals surface area contributed by atoms with Gasteiger partial charge in [-0.25, -0.2) is 9.97 Å². The molecule has 1 aromatic heterocycles. The number of amides is 1. The van der Waals surface area contributed by atoms with Gasteiger partial charge in [0.05, 0.1) is 6.04 Å². The first-order valence-corrected chi connectivity index (χ1v) is 5.83.